The van der Waals surface area contributed by atoms with Crippen molar-refractivity contribution < 1.29 is 8.60 Å². The molecule has 1 unspecified atom stereocenters. The van der Waals surface area contributed by atoms with Crippen molar-refractivity contribution in [1.82, 2.24) is 5.32 Å². The van der Waals surface area contributed by atoms with E-state index in [1.165, 1.54) is 0 Å². The summed E-state index contributed by atoms with van der Waals surface area (Å²) < 4.78 is 24.3. The first kappa shape index (κ1) is 13.3. The predicted octanol–water partition coefficient (Wildman–Crippen LogP) is 1.99. The molecule has 1 N–H and O–H groups in total. The molecule has 0 amide bonds. The molecule has 0 aromatic heterocycles. The molecule has 0 aliphatic rings. The van der Waals surface area contributed by atoms with E-state index in [2.05, 4.69) is 5.32 Å². The zero-order valence-electron chi connectivity index (χ0n) is 9.75. The summed E-state index contributed by atoms with van der Waals surface area (Å²) in [7, 11) is -0.729. The highest BCUT2D eigenvalue weighted by molar-refractivity contribution is 7.84. The van der Waals surface area contributed by atoms with E-state index >= 15 is 0 Å². The lowest BCUT2D eigenvalue weighted by molar-refractivity contribution is 0.612. The molecule has 0 saturated carbocycles. The van der Waals surface area contributed by atoms with Crippen LogP contribution in [0.1, 0.15) is 18.1 Å². The van der Waals surface area contributed by atoms with Crippen LogP contribution < -0.4 is 5.32 Å². The summed E-state index contributed by atoms with van der Waals surface area (Å²) in [5, 5.41) is 3.15. The van der Waals surface area contributed by atoms with Gasteiger partial charge in [-0.3, -0.25) is 4.21 Å². The van der Waals surface area contributed by atoms with E-state index in [-0.39, 0.29) is 5.82 Å². The van der Waals surface area contributed by atoms with Gasteiger partial charge in [0, 0.05) is 35.4 Å². The molecule has 90 valence electrons. The van der Waals surface area contributed by atoms with E-state index in [1.54, 1.807) is 19.1 Å². The van der Waals surface area contributed by atoms with Crippen molar-refractivity contribution in [2.75, 3.05) is 18.1 Å². The van der Waals surface area contributed by atoms with Gasteiger partial charge in [0.05, 0.1) is 0 Å². The van der Waals surface area contributed by atoms with Crippen LogP contribution in [-0.2, 0) is 17.3 Å². The largest absolute Gasteiger partial charge is 0.312 e. The van der Waals surface area contributed by atoms with Gasteiger partial charge < -0.3 is 5.32 Å². The highest BCUT2D eigenvalue weighted by atomic mass is 32.2. The van der Waals surface area contributed by atoms with Crippen molar-refractivity contribution >= 4 is 10.8 Å². The third-order valence-corrected chi connectivity index (χ3v) is 3.70. The molecule has 0 heterocycles. The molecule has 1 rings (SSSR count). The Kier molecular flexibility index (Phi) is 5.63. The van der Waals surface area contributed by atoms with Crippen LogP contribution in [0.5, 0.6) is 0 Å². The lowest BCUT2D eigenvalue weighted by atomic mass is 10.1. The van der Waals surface area contributed by atoms with Crippen LogP contribution in [-0.4, -0.2) is 22.3 Å². The quantitative estimate of drug-likeness (QED) is 0.774. The highest BCUT2D eigenvalue weighted by Crippen LogP contribution is 2.08. The van der Waals surface area contributed by atoms with Gasteiger partial charge >= 0.3 is 0 Å². The Labute approximate surface area is 98.7 Å². The maximum absolute atomic E-state index is 13.2. The summed E-state index contributed by atoms with van der Waals surface area (Å²) in [6, 6.07) is 5.22. The maximum atomic E-state index is 13.2. The van der Waals surface area contributed by atoms with E-state index in [0.717, 1.165) is 5.56 Å². The van der Waals surface area contributed by atoms with E-state index in [0.29, 0.717) is 30.2 Å². The van der Waals surface area contributed by atoms with Crippen molar-refractivity contribution in [3.63, 3.8) is 0 Å². The van der Waals surface area contributed by atoms with Crippen molar-refractivity contribution in [2.45, 2.75) is 20.4 Å². The second-order valence-electron chi connectivity index (χ2n) is 3.69. The summed E-state index contributed by atoms with van der Waals surface area (Å²) in [6.07, 6.45) is 0. The molecule has 0 bridgehead atoms. The van der Waals surface area contributed by atoms with Crippen molar-refractivity contribution in [3.8, 4) is 0 Å². The number of hydrogen-bond acceptors (Lipinski definition) is 2. The van der Waals surface area contributed by atoms with E-state index in [4.69, 9.17) is 0 Å². The molecule has 0 radical (unpaired) electrons. The van der Waals surface area contributed by atoms with Gasteiger partial charge in [-0.05, 0) is 24.1 Å². The SMILES string of the molecule is CCS(=O)CCNCc1ccc(C)c(F)c1. The van der Waals surface area contributed by atoms with Gasteiger partial charge in [0.25, 0.3) is 0 Å². The number of hydrogen-bond donors (Lipinski definition) is 1. The number of benzene rings is 1. The topological polar surface area (TPSA) is 29.1 Å². The minimum absolute atomic E-state index is 0.170. The van der Waals surface area contributed by atoms with Crippen molar-refractivity contribution in [1.29, 1.82) is 0 Å². The molecule has 16 heavy (non-hydrogen) atoms. The Bertz CT molecular complexity index is 368. The third-order valence-electron chi connectivity index (χ3n) is 2.39. The molecule has 0 aliphatic carbocycles. The standard InChI is InChI=1S/C12H18FNOS/c1-3-16(15)7-6-14-9-11-5-4-10(2)12(13)8-11/h4-5,8,14H,3,6-7,9H2,1-2H3. The number of rotatable bonds is 6. The summed E-state index contributed by atoms with van der Waals surface area (Å²) in [5.41, 5.74) is 1.58. The molecule has 0 spiro atoms. The van der Waals surface area contributed by atoms with Gasteiger partial charge in [0.2, 0.25) is 0 Å². The van der Waals surface area contributed by atoms with Crippen LogP contribution in [0.25, 0.3) is 0 Å². The van der Waals surface area contributed by atoms with Crippen LogP contribution in [0, 0.1) is 12.7 Å². The zero-order chi connectivity index (χ0) is 12.0. The number of aryl methyl sites for hydroxylation is 1. The Morgan fingerprint density at radius 2 is 2.19 bits per heavy atom. The van der Waals surface area contributed by atoms with Crippen LogP contribution in [0.4, 0.5) is 4.39 Å². The molecule has 0 fully saturated rings. The average molecular weight is 243 g/mol. The van der Waals surface area contributed by atoms with Gasteiger partial charge in [-0.2, -0.15) is 0 Å². The molecule has 1 atom stereocenters. The van der Waals surface area contributed by atoms with Gasteiger partial charge in [-0.25, -0.2) is 4.39 Å². The smallest absolute Gasteiger partial charge is 0.126 e. The maximum Gasteiger partial charge on any atom is 0.126 e. The Balaban J connectivity index is 2.32. The summed E-state index contributed by atoms with van der Waals surface area (Å²) in [4.78, 5) is 0. The fraction of sp³-hybridized carbons (Fsp3) is 0.500. The van der Waals surface area contributed by atoms with Crippen LogP contribution >= 0.6 is 0 Å². The van der Waals surface area contributed by atoms with E-state index < -0.39 is 10.8 Å². The fourth-order valence-electron chi connectivity index (χ4n) is 1.31. The van der Waals surface area contributed by atoms with E-state index in [9.17, 15) is 8.60 Å². The molecule has 1 aromatic rings. The summed E-state index contributed by atoms with van der Waals surface area (Å²) >= 11 is 0. The summed E-state index contributed by atoms with van der Waals surface area (Å²) in [6.45, 7) is 4.98. The Morgan fingerprint density at radius 1 is 1.44 bits per heavy atom. The molecule has 4 heteroatoms. The first-order valence-electron chi connectivity index (χ1n) is 5.44. The first-order chi connectivity index (χ1) is 7.63. The van der Waals surface area contributed by atoms with Crippen LogP contribution in [0.15, 0.2) is 18.2 Å². The third kappa shape index (κ3) is 4.41. The van der Waals surface area contributed by atoms with Crippen LogP contribution in [0.3, 0.4) is 0 Å². The van der Waals surface area contributed by atoms with Gasteiger partial charge in [-0.1, -0.05) is 19.1 Å². The lowest BCUT2D eigenvalue weighted by Gasteiger charge is -2.05. The highest BCUT2D eigenvalue weighted by Gasteiger charge is 1.99. The number of halogens is 1. The minimum atomic E-state index is -0.729. The Hall–Kier alpha value is -0.740. The van der Waals surface area contributed by atoms with Crippen molar-refractivity contribution in [3.05, 3.63) is 35.1 Å². The molecular weight excluding hydrogens is 225 g/mol. The molecular formula is C12H18FNOS. The zero-order valence-corrected chi connectivity index (χ0v) is 10.6. The second kappa shape index (κ2) is 6.76. The Morgan fingerprint density at radius 3 is 2.81 bits per heavy atom. The monoisotopic (exact) mass is 243 g/mol. The van der Waals surface area contributed by atoms with Gasteiger partial charge in [0.1, 0.15) is 5.82 Å². The fourth-order valence-corrected chi connectivity index (χ4v) is 1.97. The van der Waals surface area contributed by atoms with Gasteiger partial charge in [-0.15, -0.1) is 0 Å². The van der Waals surface area contributed by atoms with Crippen LogP contribution in [0.2, 0.25) is 0 Å². The molecule has 2 nitrogen and oxygen atoms in total. The van der Waals surface area contributed by atoms with Crippen molar-refractivity contribution in [2.24, 2.45) is 0 Å². The molecule has 0 saturated heterocycles. The second-order valence-corrected chi connectivity index (χ2v) is 5.56. The van der Waals surface area contributed by atoms with E-state index in [1.807, 2.05) is 13.0 Å². The normalized spacial score (nSPS) is 12.7. The molecule has 0 aliphatic heterocycles. The molecule has 1 aromatic carbocycles. The predicted molar refractivity (Wildman–Crippen MR) is 66.4 cm³/mol. The summed E-state index contributed by atoms with van der Waals surface area (Å²) in [5.74, 6) is 1.18. The van der Waals surface area contributed by atoms with Gasteiger partial charge in [0.15, 0.2) is 0 Å². The average Bonchev–Trinajstić information content (AvgIpc) is 2.28. The first-order valence-corrected chi connectivity index (χ1v) is 6.93. The minimum Gasteiger partial charge on any atom is -0.312 e. The number of nitrogens with one attached hydrogen (secondary N) is 1. The lowest BCUT2D eigenvalue weighted by Crippen LogP contribution is -2.20.